The fourth-order valence-electron chi connectivity index (χ4n) is 2.50. The lowest BCUT2D eigenvalue weighted by Crippen LogP contribution is -2.51. The van der Waals surface area contributed by atoms with Crippen molar-refractivity contribution in [2.45, 2.75) is 26.0 Å². The topological polar surface area (TPSA) is 81.1 Å². The zero-order valence-electron chi connectivity index (χ0n) is 11.5. The number of carbonyl (C=O) groups excluding carboxylic acids is 2. The number of fused-ring (bicyclic) bond motifs is 1. The summed E-state index contributed by atoms with van der Waals surface area (Å²) in [6.45, 7) is 4.68. The second kappa shape index (κ2) is 5.60. The molecule has 0 aromatic heterocycles. The molecule has 0 bridgehead atoms. The summed E-state index contributed by atoms with van der Waals surface area (Å²) in [5.41, 5.74) is 0.693. The molecule has 0 fully saturated rings. The molecular weight excluding hydrogens is 260 g/mol. The second-order valence-electron chi connectivity index (χ2n) is 4.64. The third-order valence-electron chi connectivity index (χ3n) is 3.62. The third kappa shape index (κ3) is 2.17. The number of aliphatic hydroxyl groups is 1. The maximum Gasteiger partial charge on any atom is 0.280 e. The number of carbonyl (C=O) groups is 2. The van der Waals surface area contributed by atoms with Crippen molar-refractivity contribution in [3.05, 3.63) is 35.4 Å². The zero-order valence-corrected chi connectivity index (χ0v) is 11.5. The van der Waals surface area contributed by atoms with Gasteiger partial charge < -0.3 is 10.0 Å². The van der Waals surface area contributed by atoms with E-state index >= 15 is 0 Å². The van der Waals surface area contributed by atoms with E-state index in [0.717, 1.165) is 0 Å². The average Bonchev–Trinajstić information content (AvgIpc) is 2.46. The van der Waals surface area contributed by atoms with Crippen molar-refractivity contribution >= 4 is 11.8 Å². The highest BCUT2D eigenvalue weighted by atomic mass is 16.5. The quantitative estimate of drug-likeness (QED) is 0.801. The zero-order chi connectivity index (χ0) is 14.9. The third-order valence-corrected chi connectivity index (χ3v) is 3.62. The van der Waals surface area contributed by atoms with E-state index in [0.29, 0.717) is 18.7 Å². The van der Waals surface area contributed by atoms with Crippen LogP contribution in [0.3, 0.4) is 0 Å². The summed E-state index contributed by atoms with van der Waals surface area (Å²) in [5, 5.41) is 20.0. The first-order chi connectivity index (χ1) is 9.52. The van der Waals surface area contributed by atoms with Gasteiger partial charge in [0.1, 0.15) is 5.92 Å². The van der Waals surface area contributed by atoms with Crippen LogP contribution in [0.4, 0.5) is 0 Å². The Hall–Kier alpha value is -1.92. The van der Waals surface area contributed by atoms with Gasteiger partial charge in [0, 0.05) is 18.7 Å². The van der Waals surface area contributed by atoms with E-state index < -0.39 is 18.1 Å². The van der Waals surface area contributed by atoms with Crippen LogP contribution < -0.4 is 0 Å². The van der Waals surface area contributed by atoms with Crippen LogP contribution in [0.25, 0.3) is 0 Å². The number of rotatable bonds is 3. The maximum atomic E-state index is 12.5. The Balaban J connectivity index is 2.49. The fraction of sp³-hybridized carbons (Fsp3) is 0.429. The number of hydroxylamine groups is 2. The molecule has 0 aliphatic carbocycles. The first-order valence-electron chi connectivity index (χ1n) is 6.61. The van der Waals surface area contributed by atoms with Crippen molar-refractivity contribution in [3.8, 4) is 0 Å². The van der Waals surface area contributed by atoms with Gasteiger partial charge in [-0.25, -0.2) is 0 Å². The predicted octanol–water partition coefficient (Wildman–Crippen LogP) is 0.802. The molecule has 1 aromatic rings. The highest BCUT2D eigenvalue weighted by Crippen LogP contribution is 2.32. The molecule has 1 aromatic carbocycles. The van der Waals surface area contributed by atoms with Crippen LogP contribution in [0.1, 0.15) is 35.7 Å². The minimum atomic E-state index is -1.56. The molecule has 2 N–H and O–H groups in total. The molecule has 0 radical (unpaired) electrons. The Kier molecular flexibility index (Phi) is 4.06. The monoisotopic (exact) mass is 278 g/mol. The first kappa shape index (κ1) is 14.5. The van der Waals surface area contributed by atoms with Crippen molar-refractivity contribution in [1.29, 1.82) is 0 Å². The standard InChI is InChI=1S/C14H18N2O4/c1-3-15(4-2)13(18)11-9-7-5-6-8-10(9)12(17)16(20)14(11)19/h5-8,11,14,19-20H,3-4H2,1-2H3. The van der Waals surface area contributed by atoms with E-state index in [1.165, 1.54) is 6.07 Å². The Labute approximate surface area is 117 Å². The number of nitrogens with zero attached hydrogens (tertiary/aromatic N) is 2. The number of benzene rings is 1. The van der Waals surface area contributed by atoms with E-state index in [1.54, 1.807) is 23.1 Å². The number of hydrogen-bond acceptors (Lipinski definition) is 4. The lowest BCUT2D eigenvalue weighted by atomic mass is 9.87. The molecule has 2 unspecified atom stereocenters. The van der Waals surface area contributed by atoms with Gasteiger partial charge in [-0.15, -0.1) is 0 Å². The summed E-state index contributed by atoms with van der Waals surface area (Å²) >= 11 is 0. The van der Waals surface area contributed by atoms with E-state index in [1.807, 2.05) is 13.8 Å². The van der Waals surface area contributed by atoms with Crippen molar-refractivity contribution in [3.63, 3.8) is 0 Å². The summed E-state index contributed by atoms with van der Waals surface area (Å²) in [6.07, 6.45) is -1.56. The first-order valence-corrected chi connectivity index (χ1v) is 6.61. The molecule has 0 saturated heterocycles. The van der Waals surface area contributed by atoms with Gasteiger partial charge in [0.25, 0.3) is 5.91 Å². The molecule has 20 heavy (non-hydrogen) atoms. The average molecular weight is 278 g/mol. The van der Waals surface area contributed by atoms with Gasteiger partial charge in [-0.1, -0.05) is 18.2 Å². The maximum absolute atomic E-state index is 12.5. The van der Waals surface area contributed by atoms with Gasteiger partial charge in [0.2, 0.25) is 5.91 Å². The van der Waals surface area contributed by atoms with Gasteiger partial charge in [0.05, 0.1) is 0 Å². The van der Waals surface area contributed by atoms with Crippen molar-refractivity contribution in [1.82, 2.24) is 9.96 Å². The van der Waals surface area contributed by atoms with Gasteiger partial charge in [-0.05, 0) is 25.5 Å². The van der Waals surface area contributed by atoms with Crippen molar-refractivity contribution < 1.29 is 19.9 Å². The van der Waals surface area contributed by atoms with Crippen LogP contribution >= 0.6 is 0 Å². The highest BCUT2D eigenvalue weighted by molar-refractivity contribution is 6.00. The van der Waals surface area contributed by atoms with Crippen LogP contribution in [-0.4, -0.2) is 51.4 Å². The Bertz CT molecular complexity index is 528. The normalized spacial score (nSPS) is 21.6. The number of likely N-dealkylation sites (N-methyl/N-ethyl adjacent to an activating group) is 1. The minimum Gasteiger partial charge on any atom is -0.370 e. The summed E-state index contributed by atoms with van der Waals surface area (Å²) in [7, 11) is 0. The molecule has 6 nitrogen and oxygen atoms in total. The molecule has 1 heterocycles. The van der Waals surface area contributed by atoms with Crippen LogP contribution in [-0.2, 0) is 4.79 Å². The predicted molar refractivity (Wildman–Crippen MR) is 71.1 cm³/mol. The summed E-state index contributed by atoms with van der Waals surface area (Å²) in [5.74, 6) is -1.97. The molecule has 2 amide bonds. The molecule has 0 saturated carbocycles. The van der Waals surface area contributed by atoms with Gasteiger partial charge in [-0.2, -0.15) is 5.06 Å². The van der Waals surface area contributed by atoms with Crippen LogP contribution in [0.5, 0.6) is 0 Å². The van der Waals surface area contributed by atoms with E-state index in [9.17, 15) is 19.9 Å². The fourth-order valence-corrected chi connectivity index (χ4v) is 2.50. The van der Waals surface area contributed by atoms with Crippen LogP contribution in [0.15, 0.2) is 24.3 Å². The van der Waals surface area contributed by atoms with E-state index in [4.69, 9.17) is 0 Å². The van der Waals surface area contributed by atoms with Crippen LogP contribution in [0.2, 0.25) is 0 Å². The molecule has 0 spiro atoms. The Morgan fingerprint density at radius 1 is 1.30 bits per heavy atom. The van der Waals surface area contributed by atoms with Gasteiger partial charge in [0.15, 0.2) is 6.23 Å². The number of aliphatic hydroxyl groups excluding tert-OH is 1. The highest BCUT2D eigenvalue weighted by Gasteiger charge is 2.43. The van der Waals surface area contributed by atoms with Gasteiger partial charge in [-0.3, -0.25) is 14.8 Å². The Morgan fingerprint density at radius 2 is 1.90 bits per heavy atom. The number of hydrogen-bond donors (Lipinski definition) is 2. The Morgan fingerprint density at radius 3 is 2.50 bits per heavy atom. The van der Waals surface area contributed by atoms with E-state index in [2.05, 4.69) is 0 Å². The van der Waals surface area contributed by atoms with Crippen molar-refractivity contribution in [2.75, 3.05) is 13.1 Å². The largest absolute Gasteiger partial charge is 0.370 e. The second-order valence-corrected chi connectivity index (χ2v) is 4.64. The molecule has 2 atom stereocenters. The molecule has 1 aliphatic rings. The smallest absolute Gasteiger partial charge is 0.280 e. The summed E-state index contributed by atoms with van der Waals surface area (Å²) in [4.78, 5) is 26.0. The molecular formula is C14H18N2O4. The summed E-state index contributed by atoms with van der Waals surface area (Å²) < 4.78 is 0. The van der Waals surface area contributed by atoms with E-state index in [-0.39, 0.29) is 16.5 Å². The lowest BCUT2D eigenvalue weighted by Gasteiger charge is -2.36. The number of amides is 2. The lowest BCUT2D eigenvalue weighted by molar-refractivity contribution is -0.179. The van der Waals surface area contributed by atoms with Gasteiger partial charge >= 0.3 is 0 Å². The van der Waals surface area contributed by atoms with Crippen molar-refractivity contribution in [2.24, 2.45) is 0 Å². The SMILES string of the molecule is CCN(CC)C(=O)C1c2ccccc2C(=O)N(O)C1O. The summed E-state index contributed by atoms with van der Waals surface area (Å²) in [6, 6.07) is 6.53. The van der Waals surface area contributed by atoms with Crippen LogP contribution in [0, 0.1) is 0 Å². The molecule has 1 aliphatic heterocycles. The molecule has 2 rings (SSSR count). The molecule has 6 heteroatoms. The minimum absolute atomic E-state index is 0.231. The molecule has 108 valence electrons.